The smallest absolute Gasteiger partial charge is 0.321 e. The Balaban J connectivity index is 1.85. The van der Waals surface area contributed by atoms with Crippen LogP contribution in [-0.2, 0) is 16.1 Å². The minimum atomic E-state index is -0.592. The Morgan fingerprint density at radius 2 is 2.05 bits per heavy atom. The summed E-state index contributed by atoms with van der Waals surface area (Å²) in [7, 11) is 1.52. The third kappa shape index (κ3) is 4.63. The van der Waals surface area contributed by atoms with Gasteiger partial charge in [-0.25, -0.2) is 4.79 Å². The van der Waals surface area contributed by atoms with E-state index in [4.69, 9.17) is 4.74 Å². The molecule has 1 heterocycles. The normalized spacial score (nSPS) is 10.2. The van der Waals surface area contributed by atoms with E-state index in [0.29, 0.717) is 19.0 Å². The van der Waals surface area contributed by atoms with Gasteiger partial charge in [0, 0.05) is 19.2 Å². The lowest BCUT2D eigenvalue weighted by Crippen LogP contribution is -2.42. The van der Waals surface area contributed by atoms with Crippen LogP contribution in [-0.4, -0.2) is 52.4 Å². The number of urea groups is 1. The van der Waals surface area contributed by atoms with Crippen LogP contribution < -0.4 is 10.6 Å². The van der Waals surface area contributed by atoms with Gasteiger partial charge in [0.2, 0.25) is 5.82 Å². The molecule has 0 radical (unpaired) electrons. The summed E-state index contributed by atoms with van der Waals surface area (Å²) in [6.07, 6.45) is 0. The summed E-state index contributed by atoms with van der Waals surface area (Å²) in [5.74, 6) is -0.120. The van der Waals surface area contributed by atoms with Gasteiger partial charge < -0.3 is 10.1 Å². The van der Waals surface area contributed by atoms with Crippen molar-refractivity contribution in [1.82, 2.24) is 30.8 Å². The first-order valence-corrected chi connectivity index (χ1v) is 6.59. The quantitative estimate of drug-likeness (QED) is 0.716. The molecule has 0 saturated carbocycles. The van der Waals surface area contributed by atoms with Crippen molar-refractivity contribution >= 4 is 11.9 Å². The topological polar surface area (TPSA) is 111 Å². The lowest BCUT2D eigenvalue weighted by molar-refractivity contribution is -0.121. The van der Waals surface area contributed by atoms with E-state index in [9.17, 15) is 9.59 Å². The van der Waals surface area contributed by atoms with Crippen molar-refractivity contribution in [2.24, 2.45) is 0 Å². The van der Waals surface area contributed by atoms with E-state index in [0.717, 1.165) is 10.4 Å². The molecule has 1 aromatic carbocycles. The van der Waals surface area contributed by atoms with E-state index in [1.54, 1.807) is 0 Å². The number of hydrogen-bond donors (Lipinski definition) is 2. The van der Waals surface area contributed by atoms with Crippen molar-refractivity contribution in [3.8, 4) is 11.4 Å². The molecule has 0 bridgehead atoms. The van der Waals surface area contributed by atoms with Crippen LogP contribution in [0.2, 0.25) is 0 Å². The molecule has 2 N–H and O–H groups in total. The Morgan fingerprint density at radius 1 is 1.27 bits per heavy atom. The molecule has 0 fully saturated rings. The van der Waals surface area contributed by atoms with E-state index >= 15 is 0 Å². The fourth-order valence-electron chi connectivity index (χ4n) is 1.62. The van der Waals surface area contributed by atoms with E-state index in [2.05, 4.69) is 26.0 Å². The highest BCUT2D eigenvalue weighted by Crippen LogP contribution is 2.11. The number of benzene rings is 1. The Morgan fingerprint density at radius 3 is 2.77 bits per heavy atom. The van der Waals surface area contributed by atoms with Crippen LogP contribution in [0.1, 0.15) is 0 Å². The molecule has 3 amide bonds. The van der Waals surface area contributed by atoms with E-state index in [-0.39, 0.29) is 6.54 Å². The minimum Gasteiger partial charge on any atom is -0.383 e. The molecule has 0 spiro atoms. The van der Waals surface area contributed by atoms with Gasteiger partial charge in [0.25, 0.3) is 5.91 Å². The van der Waals surface area contributed by atoms with Gasteiger partial charge in [-0.05, 0) is 5.21 Å². The number of ether oxygens (including phenoxy) is 1. The van der Waals surface area contributed by atoms with Gasteiger partial charge in [0.1, 0.15) is 6.54 Å². The van der Waals surface area contributed by atoms with Crippen molar-refractivity contribution in [2.75, 3.05) is 20.3 Å². The van der Waals surface area contributed by atoms with Crippen LogP contribution in [0.4, 0.5) is 4.79 Å². The lowest BCUT2D eigenvalue weighted by Gasteiger charge is -2.05. The van der Waals surface area contributed by atoms with Crippen molar-refractivity contribution in [3.63, 3.8) is 0 Å². The molecule has 0 aliphatic rings. The van der Waals surface area contributed by atoms with Gasteiger partial charge in [-0.15, -0.1) is 10.2 Å². The van der Waals surface area contributed by atoms with Gasteiger partial charge >= 0.3 is 6.03 Å². The first-order valence-electron chi connectivity index (χ1n) is 6.59. The second-order valence-corrected chi connectivity index (χ2v) is 4.31. The molecule has 0 aliphatic carbocycles. The molecular weight excluding hydrogens is 288 g/mol. The number of rotatable bonds is 6. The molecular formula is C13H16N6O3. The molecule has 22 heavy (non-hydrogen) atoms. The van der Waals surface area contributed by atoms with Gasteiger partial charge in [-0.2, -0.15) is 4.80 Å². The summed E-state index contributed by atoms with van der Waals surface area (Å²) in [6.45, 7) is 0.486. The predicted molar refractivity (Wildman–Crippen MR) is 76.7 cm³/mol. The zero-order valence-electron chi connectivity index (χ0n) is 12.0. The molecule has 1 aromatic heterocycles. The molecule has 2 aromatic rings. The maximum Gasteiger partial charge on any atom is 0.321 e. The number of methoxy groups -OCH3 is 1. The minimum absolute atomic E-state index is 0.197. The third-order valence-electron chi connectivity index (χ3n) is 2.61. The first-order chi connectivity index (χ1) is 10.7. The van der Waals surface area contributed by atoms with Crippen LogP contribution in [0, 0.1) is 0 Å². The van der Waals surface area contributed by atoms with Crippen LogP contribution in [0.25, 0.3) is 11.4 Å². The summed E-state index contributed by atoms with van der Waals surface area (Å²) in [5.41, 5.74) is 0.798. The molecule has 0 aliphatic heterocycles. The molecule has 9 nitrogen and oxygen atoms in total. The lowest BCUT2D eigenvalue weighted by atomic mass is 10.2. The van der Waals surface area contributed by atoms with E-state index in [1.165, 1.54) is 7.11 Å². The maximum atomic E-state index is 11.7. The Labute approximate surface area is 126 Å². The summed E-state index contributed by atoms with van der Waals surface area (Å²) in [5, 5.41) is 16.4. The molecule has 9 heteroatoms. The zero-order chi connectivity index (χ0) is 15.8. The molecule has 2 rings (SSSR count). The average molecular weight is 304 g/mol. The van der Waals surface area contributed by atoms with Crippen LogP contribution in [0.3, 0.4) is 0 Å². The molecule has 116 valence electrons. The van der Waals surface area contributed by atoms with Crippen molar-refractivity contribution in [2.45, 2.75) is 6.54 Å². The van der Waals surface area contributed by atoms with E-state index < -0.39 is 11.9 Å². The van der Waals surface area contributed by atoms with Gasteiger partial charge in [-0.3, -0.25) is 10.1 Å². The fourth-order valence-corrected chi connectivity index (χ4v) is 1.62. The number of amides is 3. The molecule has 0 atom stereocenters. The highest BCUT2D eigenvalue weighted by molar-refractivity contribution is 5.94. The highest BCUT2D eigenvalue weighted by Gasteiger charge is 2.11. The van der Waals surface area contributed by atoms with Gasteiger partial charge in [-0.1, -0.05) is 30.3 Å². The summed E-state index contributed by atoms with van der Waals surface area (Å²) in [4.78, 5) is 24.2. The fraction of sp³-hybridized carbons (Fsp3) is 0.308. The largest absolute Gasteiger partial charge is 0.383 e. The number of nitrogens with one attached hydrogen (secondary N) is 2. The summed E-state index contributed by atoms with van der Waals surface area (Å²) in [6, 6.07) is 8.67. The van der Waals surface area contributed by atoms with Crippen LogP contribution in [0.15, 0.2) is 30.3 Å². The average Bonchev–Trinajstić information content (AvgIpc) is 2.96. The molecule has 0 unspecified atom stereocenters. The van der Waals surface area contributed by atoms with Crippen LogP contribution in [0.5, 0.6) is 0 Å². The van der Waals surface area contributed by atoms with Gasteiger partial charge in [0.05, 0.1) is 6.61 Å². The summed E-state index contributed by atoms with van der Waals surface area (Å²) >= 11 is 0. The Kier molecular flexibility index (Phi) is 5.55. The Bertz CT molecular complexity index is 628. The number of carbonyl (C=O) groups excluding carboxylic acids is 2. The number of tetrazole rings is 1. The highest BCUT2D eigenvalue weighted by atomic mass is 16.5. The SMILES string of the molecule is COCCNC(=O)NC(=O)Cn1nnc(-c2ccccc2)n1. The zero-order valence-corrected chi connectivity index (χ0v) is 12.0. The van der Waals surface area contributed by atoms with E-state index in [1.807, 2.05) is 30.3 Å². The second-order valence-electron chi connectivity index (χ2n) is 4.31. The van der Waals surface area contributed by atoms with Crippen molar-refractivity contribution < 1.29 is 14.3 Å². The number of aromatic nitrogens is 4. The Hall–Kier alpha value is -2.81. The standard InChI is InChI=1S/C13H16N6O3/c1-22-8-7-14-13(21)15-11(20)9-19-17-12(16-18-19)10-5-3-2-4-6-10/h2-6H,7-9H2,1H3,(H2,14,15,20,21). The third-order valence-corrected chi connectivity index (χ3v) is 2.61. The summed E-state index contributed by atoms with van der Waals surface area (Å²) < 4.78 is 4.78. The monoisotopic (exact) mass is 304 g/mol. The van der Waals surface area contributed by atoms with Crippen molar-refractivity contribution in [1.29, 1.82) is 0 Å². The predicted octanol–water partition coefficient (Wildman–Crippen LogP) is -0.188. The second kappa shape index (κ2) is 7.84. The maximum absolute atomic E-state index is 11.7. The first kappa shape index (κ1) is 15.6. The van der Waals surface area contributed by atoms with Crippen molar-refractivity contribution in [3.05, 3.63) is 30.3 Å². The number of nitrogens with zero attached hydrogens (tertiary/aromatic N) is 4. The molecule has 0 saturated heterocycles. The number of imide groups is 1. The van der Waals surface area contributed by atoms with Gasteiger partial charge in [0.15, 0.2) is 0 Å². The number of carbonyl (C=O) groups is 2. The van der Waals surface area contributed by atoms with Crippen LogP contribution >= 0.6 is 0 Å². The number of hydrogen-bond acceptors (Lipinski definition) is 6.